The summed E-state index contributed by atoms with van der Waals surface area (Å²) in [6, 6.07) is 7.02. The highest BCUT2D eigenvalue weighted by Gasteiger charge is 2.17. The lowest BCUT2D eigenvalue weighted by molar-refractivity contribution is 0.171. The minimum atomic E-state index is -3.46. The van der Waals surface area contributed by atoms with Crippen molar-refractivity contribution in [3.05, 3.63) is 40.8 Å². The molecule has 0 spiro atoms. The van der Waals surface area contributed by atoms with Crippen LogP contribution in [0.2, 0.25) is 0 Å². The maximum atomic E-state index is 12.1. The smallest absolute Gasteiger partial charge is 0.250 e. The number of benzene rings is 1. The number of aryl methyl sites for hydroxylation is 1. The van der Waals surface area contributed by atoms with Crippen LogP contribution in [0.1, 0.15) is 11.1 Å². The quantitative estimate of drug-likeness (QED) is 0.937. The van der Waals surface area contributed by atoms with Crippen molar-refractivity contribution in [1.82, 2.24) is 4.72 Å². The van der Waals surface area contributed by atoms with Crippen molar-refractivity contribution < 1.29 is 17.9 Å². The zero-order valence-corrected chi connectivity index (χ0v) is 13.1. The van der Waals surface area contributed by atoms with Gasteiger partial charge >= 0.3 is 0 Å². The standard InChI is InChI=1S/C14H15NO4S2/c1-10-7-12-13(19-5-4-18-12)8-11(10)9-15-21(16,17)14-3-2-6-20-14/h2-3,6-8,15H,4-5,9H2,1H3. The van der Waals surface area contributed by atoms with Gasteiger partial charge in [-0.15, -0.1) is 11.3 Å². The summed E-state index contributed by atoms with van der Waals surface area (Å²) < 4.78 is 38.2. The third kappa shape index (κ3) is 3.04. The fourth-order valence-electron chi connectivity index (χ4n) is 2.08. The fourth-order valence-corrected chi connectivity index (χ4v) is 4.13. The number of fused-ring (bicyclic) bond motifs is 1. The molecule has 2 aromatic rings. The number of hydrogen-bond donors (Lipinski definition) is 1. The molecule has 0 radical (unpaired) electrons. The Morgan fingerprint density at radius 3 is 2.62 bits per heavy atom. The van der Waals surface area contributed by atoms with Crippen molar-refractivity contribution in [2.45, 2.75) is 17.7 Å². The Bertz CT molecular complexity index is 739. The van der Waals surface area contributed by atoms with Crippen molar-refractivity contribution in [3.8, 4) is 11.5 Å². The first-order valence-electron chi connectivity index (χ1n) is 6.48. The molecule has 0 saturated heterocycles. The predicted molar refractivity (Wildman–Crippen MR) is 80.5 cm³/mol. The summed E-state index contributed by atoms with van der Waals surface area (Å²) in [7, 11) is -3.46. The van der Waals surface area contributed by atoms with E-state index in [1.165, 1.54) is 11.3 Å². The van der Waals surface area contributed by atoms with Crippen LogP contribution < -0.4 is 14.2 Å². The SMILES string of the molecule is Cc1cc2c(cc1CNS(=O)(=O)c1cccs1)OCCO2. The highest BCUT2D eigenvalue weighted by Crippen LogP contribution is 2.33. The summed E-state index contributed by atoms with van der Waals surface area (Å²) in [6.45, 7) is 3.20. The molecule has 0 aliphatic carbocycles. The molecule has 7 heteroatoms. The van der Waals surface area contributed by atoms with Gasteiger partial charge < -0.3 is 9.47 Å². The highest BCUT2D eigenvalue weighted by atomic mass is 32.2. The summed E-state index contributed by atoms with van der Waals surface area (Å²) in [5, 5.41) is 1.74. The Kier molecular flexibility index (Phi) is 3.88. The lowest BCUT2D eigenvalue weighted by Gasteiger charge is -2.20. The maximum absolute atomic E-state index is 12.1. The molecule has 1 aromatic carbocycles. The van der Waals surface area contributed by atoms with E-state index in [4.69, 9.17) is 9.47 Å². The Morgan fingerprint density at radius 1 is 1.24 bits per heavy atom. The molecule has 2 heterocycles. The Morgan fingerprint density at radius 2 is 1.95 bits per heavy atom. The molecular formula is C14H15NO4S2. The summed E-state index contributed by atoms with van der Waals surface area (Å²) in [5.74, 6) is 1.38. The molecule has 0 bridgehead atoms. The van der Waals surface area contributed by atoms with Crippen LogP contribution in [0.4, 0.5) is 0 Å². The third-order valence-corrected chi connectivity index (χ3v) is 6.01. The Balaban J connectivity index is 1.79. The molecule has 21 heavy (non-hydrogen) atoms. The van der Waals surface area contributed by atoms with Crippen molar-refractivity contribution >= 4 is 21.4 Å². The lowest BCUT2D eigenvalue weighted by atomic mass is 10.1. The molecule has 112 valence electrons. The second kappa shape index (κ2) is 5.67. The average Bonchev–Trinajstić information content (AvgIpc) is 3.00. The number of hydrogen-bond acceptors (Lipinski definition) is 5. The van der Waals surface area contributed by atoms with Crippen LogP contribution in [0.5, 0.6) is 11.5 Å². The normalized spacial score (nSPS) is 14.1. The van der Waals surface area contributed by atoms with Gasteiger partial charge in [0.1, 0.15) is 17.4 Å². The minimum Gasteiger partial charge on any atom is -0.486 e. The monoisotopic (exact) mass is 325 g/mol. The number of rotatable bonds is 4. The van der Waals surface area contributed by atoms with Crippen LogP contribution in [0.25, 0.3) is 0 Å². The van der Waals surface area contributed by atoms with Gasteiger partial charge in [0, 0.05) is 6.54 Å². The summed E-state index contributed by atoms with van der Waals surface area (Å²) in [4.78, 5) is 0. The number of ether oxygens (including phenoxy) is 2. The van der Waals surface area contributed by atoms with E-state index in [1.807, 2.05) is 19.1 Å². The van der Waals surface area contributed by atoms with Gasteiger partial charge in [-0.2, -0.15) is 0 Å². The molecule has 0 atom stereocenters. The molecule has 0 amide bonds. The van der Waals surface area contributed by atoms with E-state index in [-0.39, 0.29) is 6.54 Å². The lowest BCUT2D eigenvalue weighted by Crippen LogP contribution is -2.23. The van der Waals surface area contributed by atoms with E-state index in [9.17, 15) is 8.42 Å². The van der Waals surface area contributed by atoms with Crippen LogP contribution in [0.3, 0.4) is 0 Å². The third-order valence-electron chi connectivity index (χ3n) is 3.21. The van der Waals surface area contributed by atoms with Gasteiger partial charge in [0.25, 0.3) is 0 Å². The Labute approximate surface area is 127 Å². The van der Waals surface area contributed by atoms with Gasteiger partial charge in [0.05, 0.1) is 0 Å². The zero-order valence-electron chi connectivity index (χ0n) is 11.5. The van der Waals surface area contributed by atoms with Crippen LogP contribution in [0.15, 0.2) is 33.9 Å². The van der Waals surface area contributed by atoms with Gasteiger partial charge in [0.15, 0.2) is 11.5 Å². The molecule has 3 rings (SSSR count). The molecule has 0 saturated carbocycles. The summed E-state index contributed by atoms with van der Waals surface area (Å²) in [5.41, 5.74) is 1.84. The molecule has 1 aromatic heterocycles. The fraction of sp³-hybridized carbons (Fsp3) is 0.286. The molecule has 0 unspecified atom stereocenters. The first-order chi connectivity index (χ1) is 10.1. The van der Waals surface area contributed by atoms with E-state index >= 15 is 0 Å². The largest absolute Gasteiger partial charge is 0.486 e. The van der Waals surface area contributed by atoms with E-state index < -0.39 is 10.0 Å². The minimum absolute atomic E-state index is 0.225. The zero-order chi connectivity index (χ0) is 14.9. The number of nitrogens with one attached hydrogen (secondary N) is 1. The second-order valence-electron chi connectivity index (χ2n) is 4.68. The van der Waals surface area contributed by atoms with Crippen LogP contribution in [0, 0.1) is 6.92 Å². The Hall–Kier alpha value is -1.57. The van der Waals surface area contributed by atoms with Crippen molar-refractivity contribution in [3.63, 3.8) is 0 Å². The molecule has 1 N–H and O–H groups in total. The molecule has 1 aliphatic rings. The second-order valence-corrected chi connectivity index (χ2v) is 7.62. The highest BCUT2D eigenvalue weighted by molar-refractivity contribution is 7.91. The van der Waals surface area contributed by atoms with Crippen LogP contribution in [-0.4, -0.2) is 21.6 Å². The first kappa shape index (κ1) is 14.4. The first-order valence-corrected chi connectivity index (χ1v) is 8.85. The van der Waals surface area contributed by atoms with Gasteiger partial charge in [-0.05, 0) is 41.6 Å². The van der Waals surface area contributed by atoms with Gasteiger partial charge in [-0.25, -0.2) is 13.1 Å². The predicted octanol–water partition coefficient (Wildman–Crippen LogP) is 2.31. The van der Waals surface area contributed by atoms with Crippen LogP contribution >= 0.6 is 11.3 Å². The van der Waals surface area contributed by atoms with Gasteiger partial charge in [0.2, 0.25) is 10.0 Å². The topological polar surface area (TPSA) is 64.6 Å². The molecule has 1 aliphatic heterocycles. The number of thiophene rings is 1. The maximum Gasteiger partial charge on any atom is 0.250 e. The van der Waals surface area contributed by atoms with E-state index in [2.05, 4.69) is 4.72 Å². The van der Waals surface area contributed by atoms with Crippen molar-refractivity contribution in [2.75, 3.05) is 13.2 Å². The number of sulfonamides is 1. The van der Waals surface area contributed by atoms with Gasteiger partial charge in [-0.3, -0.25) is 0 Å². The van der Waals surface area contributed by atoms with Crippen LogP contribution in [-0.2, 0) is 16.6 Å². The summed E-state index contributed by atoms with van der Waals surface area (Å²) in [6.07, 6.45) is 0. The van der Waals surface area contributed by atoms with Crippen molar-refractivity contribution in [2.24, 2.45) is 0 Å². The van der Waals surface area contributed by atoms with E-state index in [0.29, 0.717) is 28.9 Å². The molecular weight excluding hydrogens is 310 g/mol. The molecule has 0 fully saturated rings. The van der Waals surface area contributed by atoms with Crippen molar-refractivity contribution in [1.29, 1.82) is 0 Å². The molecule has 5 nitrogen and oxygen atoms in total. The average molecular weight is 325 g/mol. The summed E-state index contributed by atoms with van der Waals surface area (Å²) >= 11 is 1.20. The van der Waals surface area contributed by atoms with E-state index in [1.54, 1.807) is 17.5 Å². The van der Waals surface area contributed by atoms with E-state index in [0.717, 1.165) is 11.1 Å². The van der Waals surface area contributed by atoms with Gasteiger partial charge in [-0.1, -0.05) is 6.07 Å².